The maximum absolute atomic E-state index is 14.0. The molecule has 7 heteroatoms. The standard InChI is InChI=1S/C19H21FN4OS/c20-15-6-1-5-14-16(7-11-26-17(14)15)23-18(25)13-4-2-10-24(12-13)19-21-8-3-9-22-19/h1,3,5-6,8-9,13,16H,2,4,7,10-12H2,(H,23,25). The van der Waals surface area contributed by atoms with E-state index < -0.39 is 0 Å². The Morgan fingerprint density at radius 2 is 2.08 bits per heavy atom. The van der Waals surface area contributed by atoms with E-state index in [0.717, 1.165) is 37.1 Å². The van der Waals surface area contributed by atoms with Crippen molar-refractivity contribution >= 4 is 23.6 Å². The molecule has 2 aliphatic heterocycles. The first-order chi connectivity index (χ1) is 12.7. The Kier molecular flexibility index (Phi) is 5.06. The van der Waals surface area contributed by atoms with Gasteiger partial charge in [0.25, 0.3) is 0 Å². The predicted octanol–water partition coefficient (Wildman–Crippen LogP) is 3.19. The van der Waals surface area contributed by atoms with Gasteiger partial charge in [0, 0.05) is 36.1 Å². The first-order valence-electron chi connectivity index (χ1n) is 8.96. The zero-order valence-electron chi connectivity index (χ0n) is 14.4. The van der Waals surface area contributed by atoms with Gasteiger partial charge in [-0.05, 0) is 37.0 Å². The topological polar surface area (TPSA) is 58.1 Å². The lowest BCUT2D eigenvalue weighted by atomic mass is 9.95. The smallest absolute Gasteiger partial charge is 0.225 e. The molecule has 2 atom stereocenters. The molecule has 1 N–H and O–H groups in total. The van der Waals surface area contributed by atoms with Gasteiger partial charge in [-0.3, -0.25) is 4.79 Å². The molecule has 3 heterocycles. The molecule has 1 aromatic heterocycles. The zero-order valence-corrected chi connectivity index (χ0v) is 15.2. The molecular formula is C19H21FN4OS. The molecule has 1 aromatic carbocycles. The number of halogens is 1. The van der Waals surface area contributed by atoms with Gasteiger partial charge < -0.3 is 10.2 Å². The van der Waals surface area contributed by atoms with E-state index in [1.54, 1.807) is 24.5 Å². The lowest BCUT2D eigenvalue weighted by Crippen LogP contribution is -2.45. The number of nitrogens with zero attached hydrogens (tertiary/aromatic N) is 3. The summed E-state index contributed by atoms with van der Waals surface area (Å²) in [6.07, 6.45) is 6.05. The Bertz CT molecular complexity index is 788. The first kappa shape index (κ1) is 17.3. The molecule has 0 bridgehead atoms. The molecule has 136 valence electrons. The van der Waals surface area contributed by atoms with Gasteiger partial charge in [0.1, 0.15) is 5.82 Å². The summed E-state index contributed by atoms with van der Waals surface area (Å²) in [7, 11) is 0. The number of thioether (sulfide) groups is 1. The Balaban J connectivity index is 1.45. The molecule has 26 heavy (non-hydrogen) atoms. The third-order valence-electron chi connectivity index (χ3n) is 4.97. The minimum Gasteiger partial charge on any atom is -0.349 e. The number of amides is 1. The minimum absolute atomic E-state index is 0.0396. The van der Waals surface area contributed by atoms with Gasteiger partial charge in [0.2, 0.25) is 11.9 Å². The van der Waals surface area contributed by atoms with Gasteiger partial charge in [-0.2, -0.15) is 0 Å². The number of hydrogen-bond donors (Lipinski definition) is 1. The van der Waals surface area contributed by atoms with Gasteiger partial charge in [-0.25, -0.2) is 14.4 Å². The van der Waals surface area contributed by atoms with Crippen LogP contribution in [0.1, 0.15) is 30.9 Å². The first-order valence-corrected chi connectivity index (χ1v) is 9.94. The number of carbonyl (C=O) groups excluding carboxylic acids is 1. The number of aromatic nitrogens is 2. The van der Waals surface area contributed by atoms with E-state index in [2.05, 4.69) is 20.2 Å². The molecule has 0 aliphatic carbocycles. The number of nitrogens with one attached hydrogen (secondary N) is 1. The molecule has 5 nitrogen and oxygen atoms in total. The summed E-state index contributed by atoms with van der Waals surface area (Å²) < 4.78 is 14.0. The highest BCUT2D eigenvalue weighted by Crippen LogP contribution is 2.38. The van der Waals surface area contributed by atoms with E-state index in [9.17, 15) is 9.18 Å². The Labute approximate surface area is 156 Å². The second-order valence-corrected chi connectivity index (χ2v) is 7.80. The van der Waals surface area contributed by atoms with Crippen LogP contribution < -0.4 is 10.2 Å². The van der Waals surface area contributed by atoms with Crippen molar-refractivity contribution in [2.24, 2.45) is 5.92 Å². The van der Waals surface area contributed by atoms with E-state index in [4.69, 9.17) is 0 Å². The fourth-order valence-corrected chi connectivity index (χ4v) is 4.79. The van der Waals surface area contributed by atoms with Gasteiger partial charge in [0.15, 0.2) is 0 Å². The van der Waals surface area contributed by atoms with Crippen LogP contribution in [0.25, 0.3) is 0 Å². The Morgan fingerprint density at radius 3 is 2.92 bits per heavy atom. The van der Waals surface area contributed by atoms with Crippen molar-refractivity contribution in [2.45, 2.75) is 30.2 Å². The quantitative estimate of drug-likeness (QED) is 0.897. The number of piperidine rings is 1. The molecule has 2 aromatic rings. The summed E-state index contributed by atoms with van der Waals surface area (Å²) in [6, 6.07) is 6.79. The number of benzene rings is 1. The highest BCUT2D eigenvalue weighted by Gasteiger charge is 2.30. The van der Waals surface area contributed by atoms with E-state index in [-0.39, 0.29) is 23.7 Å². The van der Waals surface area contributed by atoms with Crippen LogP contribution >= 0.6 is 11.8 Å². The summed E-state index contributed by atoms with van der Waals surface area (Å²) in [6.45, 7) is 1.48. The van der Waals surface area contributed by atoms with Crippen molar-refractivity contribution in [3.8, 4) is 0 Å². The summed E-state index contributed by atoms with van der Waals surface area (Å²) >= 11 is 1.53. The van der Waals surface area contributed by atoms with Crippen LogP contribution in [0.2, 0.25) is 0 Å². The van der Waals surface area contributed by atoms with Crippen molar-refractivity contribution in [3.63, 3.8) is 0 Å². The van der Waals surface area contributed by atoms with Crippen LogP contribution in [0.5, 0.6) is 0 Å². The number of hydrogen-bond acceptors (Lipinski definition) is 5. The molecule has 2 aliphatic rings. The highest BCUT2D eigenvalue weighted by molar-refractivity contribution is 7.99. The zero-order chi connectivity index (χ0) is 17.9. The molecule has 0 radical (unpaired) electrons. The molecular weight excluding hydrogens is 351 g/mol. The van der Waals surface area contributed by atoms with Crippen LogP contribution in [0, 0.1) is 11.7 Å². The third kappa shape index (κ3) is 3.53. The average molecular weight is 372 g/mol. The van der Waals surface area contributed by atoms with Crippen molar-refractivity contribution < 1.29 is 9.18 Å². The summed E-state index contributed by atoms with van der Waals surface area (Å²) in [5.74, 6) is 1.23. The van der Waals surface area contributed by atoms with Gasteiger partial charge in [-0.1, -0.05) is 12.1 Å². The van der Waals surface area contributed by atoms with E-state index in [1.165, 1.54) is 17.8 Å². The van der Waals surface area contributed by atoms with Crippen LogP contribution in [-0.4, -0.2) is 34.7 Å². The molecule has 0 spiro atoms. The number of fused-ring (bicyclic) bond motifs is 1. The van der Waals surface area contributed by atoms with Crippen LogP contribution in [0.4, 0.5) is 10.3 Å². The minimum atomic E-state index is -0.198. The second-order valence-electron chi connectivity index (χ2n) is 6.69. The third-order valence-corrected chi connectivity index (χ3v) is 6.13. The number of rotatable bonds is 3. The lowest BCUT2D eigenvalue weighted by molar-refractivity contribution is -0.126. The summed E-state index contributed by atoms with van der Waals surface area (Å²) in [4.78, 5) is 24.2. The fourth-order valence-electron chi connectivity index (χ4n) is 3.65. The monoisotopic (exact) mass is 372 g/mol. The Hall–Kier alpha value is -2.15. The normalized spacial score (nSPS) is 22.6. The highest BCUT2D eigenvalue weighted by atomic mass is 32.2. The van der Waals surface area contributed by atoms with Crippen LogP contribution in [0.15, 0.2) is 41.6 Å². The van der Waals surface area contributed by atoms with Gasteiger partial charge >= 0.3 is 0 Å². The van der Waals surface area contributed by atoms with Gasteiger partial charge in [0.05, 0.1) is 12.0 Å². The molecule has 1 amide bonds. The fraction of sp³-hybridized carbons (Fsp3) is 0.421. The Morgan fingerprint density at radius 1 is 1.23 bits per heavy atom. The lowest BCUT2D eigenvalue weighted by Gasteiger charge is -2.33. The SMILES string of the molecule is O=C(NC1CCSc2c(F)cccc21)C1CCCN(c2ncccn2)C1. The predicted molar refractivity (Wildman–Crippen MR) is 99.6 cm³/mol. The largest absolute Gasteiger partial charge is 0.349 e. The molecule has 0 saturated carbocycles. The molecule has 1 saturated heterocycles. The van der Waals surface area contributed by atoms with Crippen LogP contribution in [-0.2, 0) is 4.79 Å². The summed E-state index contributed by atoms with van der Waals surface area (Å²) in [5, 5.41) is 3.16. The van der Waals surface area contributed by atoms with E-state index in [1.807, 2.05) is 6.07 Å². The van der Waals surface area contributed by atoms with Crippen LogP contribution in [0.3, 0.4) is 0 Å². The van der Waals surface area contributed by atoms with Crippen molar-refractivity contribution in [2.75, 3.05) is 23.7 Å². The number of carbonyl (C=O) groups is 1. The second kappa shape index (κ2) is 7.61. The van der Waals surface area contributed by atoms with Crippen molar-refractivity contribution in [1.82, 2.24) is 15.3 Å². The molecule has 4 rings (SSSR count). The van der Waals surface area contributed by atoms with Crippen molar-refractivity contribution in [1.29, 1.82) is 0 Å². The van der Waals surface area contributed by atoms with E-state index >= 15 is 0 Å². The molecule has 2 unspecified atom stereocenters. The maximum Gasteiger partial charge on any atom is 0.225 e. The average Bonchev–Trinajstić information content (AvgIpc) is 2.69. The van der Waals surface area contributed by atoms with Gasteiger partial charge in [-0.15, -0.1) is 11.8 Å². The maximum atomic E-state index is 14.0. The summed E-state index contributed by atoms with van der Waals surface area (Å²) in [5.41, 5.74) is 0.897. The number of anilines is 1. The van der Waals surface area contributed by atoms with E-state index in [0.29, 0.717) is 17.4 Å². The molecule has 1 fully saturated rings. The van der Waals surface area contributed by atoms with Crippen molar-refractivity contribution in [3.05, 3.63) is 48.0 Å².